The molecule has 0 fully saturated rings. The van der Waals surface area contributed by atoms with Gasteiger partial charge in [-0.2, -0.15) is 0 Å². The number of aromatic nitrogens is 2. The Morgan fingerprint density at radius 3 is 1.94 bits per heavy atom. The van der Waals surface area contributed by atoms with Crippen LogP contribution in [-0.4, -0.2) is 9.97 Å². The summed E-state index contributed by atoms with van der Waals surface area (Å²) in [4.78, 5) is 9.81. The fraction of sp³-hybridized carbons (Fsp3) is 0. The highest BCUT2D eigenvalue weighted by Gasteiger charge is 2.17. The molecule has 6 aromatic rings. The maximum Gasteiger partial charge on any atom is 0.160 e. The molecule has 0 unspecified atom stereocenters. The molecule has 152 valence electrons. The number of fused-ring (bicyclic) bond motifs is 3. The molecule has 2 heterocycles. The Balaban J connectivity index is 1.64. The van der Waals surface area contributed by atoms with Crippen LogP contribution in [0.2, 0.25) is 5.02 Å². The van der Waals surface area contributed by atoms with Crippen molar-refractivity contribution in [3.8, 4) is 33.9 Å². The van der Waals surface area contributed by atoms with Gasteiger partial charge in [-0.15, -0.1) is 0 Å². The van der Waals surface area contributed by atoms with Crippen molar-refractivity contribution in [2.75, 3.05) is 0 Å². The predicted molar refractivity (Wildman–Crippen MR) is 131 cm³/mol. The molecule has 0 aliphatic heterocycles. The molecule has 4 aromatic carbocycles. The van der Waals surface area contributed by atoms with E-state index in [1.807, 2.05) is 84.9 Å². The van der Waals surface area contributed by atoms with Gasteiger partial charge in [0, 0.05) is 27.5 Å². The second-order valence-electron chi connectivity index (χ2n) is 7.59. The third-order valence-electron chi connectivity index (χ3n) is 5.58. The SMILES string of the molecule is Clc1cccc2c1oc1c(-c3cc(-c4ccccc4)nc(-c4ccccc4)n3)cccc12. The lowest BCUT2D eigenvalue weighted by Crippen LogP contribution is -1.96. The van der Waals surface area contributed by atoms with E-state index in [1.165, 1.54) is 0 Å². The Hall–Kier alpha value is -3.95. The van der Waals surface area contributed by atoms with Crippen molar-refractivity contribution in [3.05, 3.63) is 108 Å². The van der Waals surface area contributed by atoms with E-state index in [0.717, 1.165) is 44.4 Å². The third-order valence-corrected chi connectivity index (χ3v) is 5.88. The molecule has 0 bridgehead atoms. The van der Waals surface area contributed by atoms with E-state index in [4.69, 9.17) is 26.0 Å². The quantitative estimate of drug-likeness (QED) is 0.284. The number of rotatable bonds is 3. The van der Waals surface area contributed by atoms with Crippen molar-refractivity contribution in [2.24, 2.45) is 0 Å². The van der Waals surface area contributed by atoms with Gasteiger partial charge >= 0.3 is 0 Å². The molecule has 2 aromatic heterocycles. The number of para-hydroxylation sites is 2. The summed E-state index contributed by atoms with van der Waals surface area (Å²) in [5, 5.41) is 2.61. The van der Waals surface area contributed by atoms with Crippen LogP contribution in [0.5, 0.6) is 0 Å². The Labute approximate surface area is 190 Å². The highest BCUT2D eigenvalue weighted by molar-refractivity contribution is 6.36. The van der Waals surface area contributed by atoms with Crippen molar-refractivity contribution in [1.82, 2.24) is 9.97 Å². The molecule has 0 radical (unpaired) electrons. The molecule has 0 N–H and O–H groups in total. The lowest BCUT2D eigenvalue weighted by atomic mass is 10.0. The number of hydrogen-bond acceptors (Lipinski definition) is 3. The third kappa shape index (κ3) is 3.15. The van der Waals surface area contributed by atoms with Crippen LogP contribution in [-0.2, 0) is 0 Å². The second kappa shape index (κ2) is 7.63. The summed E-state index contributed by atoms with van der Waals surface area (Å²) in [6, 6.07) is 34.1. The Morgan fingerprint density at radius 2 is 1.19 bits per heavy atom. The lowest BCUT2D eigenvalue weighted by molar-refractivity contribution is 0.670. The Bertz CT molecular complexity index is 1520. The van der Waals surface area contributed by atoms with Gasteiger partial charge in [-0.25, -0.2) is 9.97 Å². The number of hydrogen-bond donors (Lipinski definition) is 0. The molecular formula is C28H17ClN2O. The van der Waals surface area contributed by atoms with Crippen LogP contribution < -0.4 is 0 Å². The van der Waals surface area contributed by atoms with Gasteiger partial charge in [0.25, 0.3) is 0 Å². The standard InChI is InChI=1S/C28H17ClN2O/c29-23-16-8-14-21-20-13-7-15-22(26(20)32-27(21)23)25-17-24(18-9-3-1-4-10-18)30-28(31-25)19-11-5-2-6-12-19/h1-17H. The van der Waals surface area contributed by atoms with Gasteiger partial charge in [-0.3, -0.25) is 0 Å². The largest absolute Gasteiger partial charge is 0.454 e. The van der Waals surface area contributed by atoms with E-state index >= 15 is 0 Å². The Kier molecular flexibility index (Phi) is 4.48. The summed E-state index contributed by atoms with van der Waals surface area (Å²) in [6.45, 7) is 0. The highest BCUT2D eigenvalue weighted by atomic mass is 35.5. The van der Waals surface area contributed by atoms with Crippen molar-refractivity contribution < 1.29 is 4.42 Å². The maximum absolute atomic E-state index is 6.42. The van der Waals surface area contributed by atoms with Gasteiger partial charge in [-0.1, -0.05) is 96.5 Å². The molecular weight excluding hydrogens is 416 g/mol. The maximum atomic E-state index is 6.42. The van der Waals surface area contributed by atoms with Crippen molar-refractivity contribution in [1.29, 1.82) is 0 Å². The minimum Gasteiger partial charge on any atom is -0.454 e. The lowest BCUT2D eigenvalue weighted by Gasteiger charge is -2.09. The average molecular weight is 433 g/mol. The first-order valence-corrected chi connectivity index (χ1v) is 10.8. The van der Waals surface area contributed by atoms with Crippen LogP contribution in [0.25, 0.3) is 55.8 Å². The van der Waals surface area contributed by atoms with Gasteiger partial charge in [0.15, 0.2) is 11.4 Å². The minimum absolute atomic E-state index is 0.599. The van der Waals surface area contributed by atoms with Gasteiger partial charge in [0.05, 0.1) is 16.4 Å². The first-order chi connectivity index (χ1) is 15.8. The normalized spacial score (nSPS) is 11.3. The summed E-state index contributed by atoms with van der Waals surface area (Å²) in [5.41, 5.74) is 6.04. The van der Waals surface area contributed by atoms with Crippen molar-refractivity contribution in [3.63, 3.8) is 0 Å². The molecule has 0 saturated carbocycles. The zero-order valence-corrected chi connectivity index (χ0v) is 17.8. The summed E-state index contributed by atoms with van der Waals surface area (Å²) >= 11 is 6.42. The summed E-state index contributed by atoms with van der Waals surface area (Å²) in [5.74, 6) is 0.674. The van der Waals surface area contributed by atoms with Crippen LogP contribution in [0.15, 0.2) is 108 Å². The molecule has 3 nitrogen and oxygen atoms in total. The molecule has 0 amide bonds. The monoisotopic (exact) mass is 432 g/mol. The fourth-order valence-electron chi connectivity index (χ4n) is 4.05. The first-order valence-electron chi connectivity index (χ1n) is 10.4. The minimum atomic E-state index is 0.599. The van der Waals surface area contributed by atoms with E-state index in [9.17, 15) is 0 Å². The smallest absolute Gasteiger partial charge is 0.160 e. The van der Waals surface area contributed by atoms with Crippen LogP contribution in [0, 0.1) is 0 Å². The summed E-state index contributed by atoms with van der Waals surface area (Å²) in [7, 11) is 0. The van der Waals surface area contributed by atoms with Crippen molar-refractivity contribution in [2.45, 2.75) is 0 Å². The van der Waals surface area contributed by atoms with Gasteiger partial charge in [0.2, 0.25) is 0 Å². The van der Waals surface area contributed by atoms with Crippen LogP contribution in [0.4, 0.5) is 0 Å². The van der Waals surface area contributed by atoms with E-state index in [2.05, 4.69) is 18.2 Å². The van der Waals surface area contributed by atoms with E-state index in [1.54, 1.807) is 0 Å². The van der Waals surface area contributed by atoms with Gasteiger partial charge in [-0.05, 0) is 18.2 Å². The zero-order valence-electron chi connectivity index (χ0n) is 17.0. The molecule has 0 aliphatic carbocycles. The summed E-state index contributed by atoms with van der Waals surface area (Å²) < 4.78 is 6.27. The molecule has 0 saturated heterocycles. The predicted octanol–water partition coefficient (Wildman–Crippen LogP) is 8.03. The second-order valence-corrected chi connectivity index (χ2v) is 8.00. The van der Waals surface area contributed by atoms with Gasteiger partial charge < -0.3 is 4.42 Å². The Morgan fingerprint density at radius 1 is 0.562 bits per heavy atom. The average Bonchev–Trinajstić information content (AvgIpc) is 3.25. The topological polar surface area (TPSA) is 38.9 Å². The zero-order chi connectivity index (χ0) is 21.5. The molecule has 0 aliphatic rings. The van der Waals surface area contributed by atoms with Crippen molar-refractivity contribution >= 4 is 33.5 Å². The van der Waals surface area contributed by atoms with E-state index in [-0.39, 0.29) is 0 Å². The molecule has 32 heavy (non-hydrogen) atoms. The molecule has 6 rings (SSSR count). The van der Waals surface area contributed by atoms with E-state index in [0.29, 0.717) is 16.4 Å². The molecule has 4 heteroatoms. The fourth-order valence-corrected chi connectivity index (χ4v) is 4.26. The number of nitrogens with zero attached hydrogens (tertiary/aromatic N) is 2. The van der Waals surface area contributed by atoms with Crippen LogP contribution in [0.3, 0.4) is 0 Å². The molecule has 0 spiro atoms. The highest BCUT2D eigenvalue weighted by Crippen LogP contribution is 2.38. The summed E-state index contributed by atoms with van der Waals surface area (Å²) in [6.07, 6.45) is 0. The number of benzene rings is 4. The van der Waals surface area contributed by atoms with E-state index < -0.39 is 0 Å². The first kappa shape index (κ1) is 18.8. The molecule has 0 atom stereocenters. The van der Waals surface area contributed by atoms with Crippen LogP contribution in [0.1, 0.15) is 0 Å². The van der Waals surface area contributed by atoms with Crippen LogP contribution >= 0.6 is 11.6 Å². The number of halogens is 1. The van der Waals surface area contributed by atoms with Gasteiger partial charge in [0.1, 0.15) is 5.58 Å². The number of furan rings is 1.